The number of aromatic nitrogens is 1. The minimum atomic E-state index is -3.23. The molecule has 2 heterocycles. The highest BCUT2D eigenvalue weighted by Gasteiger charge is 2.23. The molecular weight excluding hydrogens is 360 g/mol. The summed E-state index contributed by atoms with van der Waals surface area (Å²) in [5, 5.41) is 10.00. The number of benzene rings is 1. The number of sulfone groups is 1. The molecule has 0 radical (unpaired) electrons. The van der Waals surface area contributed by atoms with Crippen molar-refractivity contribution < 1.29 is 13.5 Å². The molecule has 1 aromatic heterocycles. The lowest BCUT2D eigenvalue weighted by Crippen LogP contribution is -2.37. The third-order valence-corrected chi connectivity index (χ3v) is 5.84. The van der Waals surface area contributed by atoms with Crippen LogP contribution >= 0.6 is 11.6 Å². The van der Waals surface area contributed by atoms with E-state index in [0.29, 0.717) is 5.02 Å². The first-order valence-corrected chi connectivity index (χ1v) is 10.5. The van der Waals surface area contributed by atoms with Gasteiger partial charge in [0, 0.05) is 37.7 Å². The monoisotopic (exact) mass is 380 g/mol. The molecule has 1 unspecified atom stereocenters. The van der Waals surface area contributed by atoms with E-state index in [4.69, 9.17) is 11.6 Å². The summed E-state index contributed by atoms with van der Waals surface area (Å²) in [7, 11) is -3.23. The molecule has 134 valence electrons. The maximum absolute atomic E-state index is 11.7. The number of rotatable bonds is 4. The lowest BCUT2D eigenvalue weighted by molar-refractivity contribution is 0.208. The molecule has 0 spiro atoms. The van der Waals surface area contributed by atoms with Gasteiger partial charge in [0.15, 0.2) is 9.84 Å². The molecule has 0 aliphatic carbocycles. The molecule has 0 amide bonds. The second-order valence-corrected chi connectivity index (χ2v) is 8.91. The van der Waals surface area contributed by atoms with Crippen LogP contribution in [0.1, 0.15) is 12.8 Å². The zero-order valence-electron chi connectivity index (χ0n) is 14.0. The maximum Gasteiger partial charge on any atom is 0.175 e. The summed E-state index contributed by atoms with van der Waals surface area (Å²) in [4.78, 5) is 6.96. The van der Waals surface area contributed by atoms with Gasteiger partial charge >= 0.3 is 0 Å². The molecule has 1 aliphatic rings. The molecule has 1 fully saturated rings. The normalized spacial score (nSPS) is 18.4. The molecular formula is C18H21ClN2O3S. The topological polar surface area (TPSA) is 70.5 Å². The lowest BCUT2D eigenvalue weighted by Gasteiger charge is -2.34. The Morgan fingerprint density at radius 2 is 2.04 bits per heavy atom. The van der Waals surface area contributed by atoms with Crippen molar-refractivity contribution in [1.29, 1.82) is 0 Å². The fourth-order valence-corrected chi connectivity index (χ4v) is 3.97. The van der Waals surface area contributed by atoms with Crippen LogP contribution in [0.3, 0.4) is 0 Å². The van der Waals surface area contributed by atoms with Gasteiger partial charge in [0.1, 0.15) is 5.82 Å². The van der Waals surface area contributed by atoms with Crippen molar-refractivity contribution in [1.82, 2.24) is 4.98 Å². The van der Waals surface area contributed by atoms with E-state index in [1.807, 2.05) is 6.07 Å². The van der Waals surface area contributed by atoms with E-state index < -0.39 is 9.84 Å². The Balaban J connectivity index is 1.99. The van der Waals surface area contributed by atoms with Gasteiger partial charge < -0.3 is 10.0 Å². The molecule has 2 aromatic rings. The Labute approximate surface area is 153 Å². The second kappa shape index (κ2) is 7.32. The van der Waals surface area contributed by atoms with Crippen LogP contribution in [-0.2, 0) is 9.84 Å². The van der Waals surface area contributed by atoms with Gasteiger partial charge in [-0.15, -0.1) is 0 Å². The summed E-state index contributed by atoms with van der Waals surface area (Å²) in [6, 6.07) is 8.60. The van der Waals surface area contributed by atoms with E-state index in [1.54, 1.807) is 30.5 Å². The van der Waals surface area contributed by atoms with Crippen LogP contribution in [-0.4, -0.2) is 44.5 Å². The number of aliphatic hydroxyl groups excluding tert-OH is 1. The first-order valence-electron chi connectivity index (χ1n) is 8.20. The van der Waals surface area contributed by atoms with Crippen molar-refractivity contribution in [3.8, 4) is 11.1 Å². The summed E-state index contributed by atoms with van der Waals surface area (Å²) < 4.78 is 23.3. The van der Waals surface area contributed by atoms with Gasteiger partial charge in [0.25, 0.3) is 0 Å². The van der Waals surface area contributed by atoms with Crippen molar-refractivity contribution in [3.63, 3.8) is 0 Å². The third-order valence-electron chi connectivity index (χ3n) is 4.50. The number of halogens is 1. The van der Waals surface area contributed by atoms with Gasteiger partial charge in [-0.25, -0.2) is 13.4 Å². The van der Waals surface area contributed by atoms with Gasteiger partial charge in [-0.1, -0.05) is 23.7 Å². The molecule has 1 atom stereocenters. The van der Waals surface area contributed by atoms with E-state index in [2.05, 4.69) is 9.88 Å². The zero-order chi connectivity index (χ0) is 18.0. The van der Waals surface area contributed by atoms with Crippen LogP contribution in [0.25, 0.3) is 11.1 Å². The molecule has 7 heteroatoms. The molecule has 1 saturated heterocycles. The largest absolute Gasteiger partial charge is 0.396 e. The molecule has 0 saturated carbocycles. The van der Waals surface area contributed by atoms with Crippen molar-refractivity contribution >= 4 is 27.3 Å². The predicted octanol–water partition coefficient (Wildman–Crippen LogP) is 3.01. The standard InChI is InChI=1S/C18H21ClN2O3S/c1-25(23,24)16-6-4-14(5-7-16)17-9-15(19)10-20-18(17)21-8-2-3-13(11-21)12-22/h4-7,9-10,13,22H,2-3,8,11-12H2,1H3. The second-order valence-electron chi connectivity index (χ2n) is 6.46. The van der Waals surface area contributed by atoms with Crippen LogP contribution in [0.4, 0.5) is 5.82 Å². The molecule has 25 heavy (non-hydrogen) atoms. The summed E-state index contributed by atoms with van der Waals surface area (Å²) >= 11 is 6.15. The fraction of sp³-hybridized carbons (Fsp3) is 0.389. The van der Waals surface area contributed by atoms with E-state index in [1.165, 1.54) is 6.26 Å². The summed E-state index contributed by atoms with van der Waals surface area (Å²) in [6.45, 7) is 1.79. The smallest absolute Gasteiger partial charge is 0.175 e. The number of hydrogen-bond acceptors (Lipinski definition) is 5. The van der Waals surface area contributed by atoms with Crippen LogP contribution in [0.5, 0.6) is 0 Å². The van der Waals surface area contributed by atoms with Crippen molar-refractivity contribution in [2.45, 2.75) is 17.7 Å². The first-order chi connectivity index (χ1) is 11.9. The number of hydrogen-bond donors (Lipinski definition) is 1. The average Bonchev–Trinajstić information content (AvgIpc) is 2.61. The van der Waals surface area contributed by atoms with Crippen molar-refractivity contribution in [2.75, 3.05) is 30.9 Å². The van der Waals surface area contributed by atoms with Crippen LogP contribution < -0.4 is 4.90 Å². The highest BCUT2D eigenvalue weighted by Crippen LogP contribution is 2.34. The summed E-state index contributed by atoms with van der Waals surface area (Å²) in [6.07, 6.45) is 4.83. The molecule has 3 rings (SSSR count). The number of anilines is 1. The first kappa shape index (κ1) is 18.2. The Morgan fingerprint density at radius 3 is 2.68 bits per heavy atom. The van der Waals surface area contributed by atoms with E-state index >= 15 is 0 Å². The number of pyridine rings is 1. The van der Waals surface area contributed by atoms with Crippen molar-refractivity contribution in [3.05, 3.63) is 41.6 Å². The van der Waals surface area contributed by atoms with Crippen molar-refractivity contribution in [2.24, 2.45) is 5.92 Å². The van der Waals surface area contributed by atoms with E-state index in [9.17, 15) is 13.5 Å². The Bertz CT molecular complexity index is 853. The summed E-state index contributed by atoms with van der Waals surface area (Å²) in [5.41, 5.74) is 1.73. The highest BCUT2D eigenvalue weighted by atomic mass is 35.5. The SMILES string of the molecule is CS(=O)(=O)c1ccc(-c2cc(Cl)cnc2N2CCCC(CO)C2)cc1. The van der Waals surface area contributed by atoms with E-state index in [-0.39, 0.29) is 17.4 Å². The predicted molar refractivity (Wildman–Crippen MR) is 99.8 cm³/mol. The molecule has 5 nitrogen and oxygen atoms in total. The quantitative estimate of drug-likeness (QED) is 0.882. The van der Waals surface area contributed by atoms with Crippen LogP contribution in [0.2, 0.25) is 5.02 Å². The van der Waals surface area contributed by atoms with Crippen LogP contribution in [0.15, 0.2) is 41.4 Å². The average molecular weight is 381 g/mol. The Morgan fingerprint density at radius 1 is 1.32 bits per heavy atom. The van der Waals surface area contributed by atoms with Gasteiger partial charge in [-0.3, -0.25) is 0 Å². The number of aliphatic hydroxyl groups is 1. The zero-order valence-corrected chi connectivity index (χ0v) is 15.6. The third kappa shape index (κ3) is 4.14. The van der Waals surface area contributed by atoms with E-state index in [0.717, 1.165) is 42.9 Å². The fourth-order valence-electron chi connectivity index (χ4n) is 3.18. The minimum absolute atomic E-state index is 0.169. The summed E-state index contributed by atoms with van der Waals surface area (Å²) in [5.74, 6) is 1.06. The molecule has 1 aromatic carbocycles. The van der Waals surface area contributed by atoms with Gasteiger partial charge in [-0.05, 0) is 42.5 Å². The van der Waals surface area contributed by atoms with Gasteiger partial charge in [0.05, 0.1) is 9.92 Å². The minimum Gasteiger partial charge on any atom is -0.396 e. The van der Waals surface area contributed by atoms with Gasteiger partial charge in [0.2, 0.25) is 0 Å². The number of piperidine rings is 1. The maximum atomic E-state index is 11.7. The molecule has 1 aliphatic heterocycles. The lowest BCUT2D eigenvalue weighted by atomic mass is 9.98. The molecule has 1 N–H and O–H groups in total. The highest BCUT2D eigenvalue weighted by molar-refractivity contribution is 7.90. The Kier molecular flexibility index (Phi) is 5.32. The van der Waals surface area contributed by atoms with Crippen LogP contribution in [0, 0.1) is 5.92 Å². The Hall–Kier alpha value is -1.63. The van der Waals surface area contributed by atoms with Gasteiger partial charge in [-0.2, -0.15) is 0 Å². The molecule has 0 bridgehead atoms. The number of nitrogens with zero attached hydrogens (tertiary/aromatic N) is 2.